The molecule has 22 heavy (non-hydrogen) atoms. The van der Waals surface area contributed by atoms with Crippen LogP contribution in [0.25, 0.3) is 11.3 Å². The molecule has 0 fully saturated rings. The Morgan fingerprint density at radius 2 is 2.00 bits per heavy atom. The summed E-state index contributed by atoms with van der Waals surface area (Å²) in [6.45, 7) is 2.09. The molecule has 0 saturated heterocycles. The lowest BCUT2D eigenvalue weighted by Gasteiger charge is -2.05. The van der Waals surface area contributed by atoms with Crippen molar-refractivity contribution in [3.8, 4) is 11.3 Å². The minimum atomic E-state index is 0.871. The zero-order chi connectivity index (χ0) is 15.5. The van der Waals surface area contributed by atoms with Crippen LogP contribution in [0, 0.1) is 6.92 Å². The SMILES string of the molecule is CN=c1scc(-c2ccccc2Br)n1/N=C\c1sccc1C. The zero-order valence-corrected chi connectivity index (χ0v) is 15.4. The highest BCUT2D eigenvalue weighted by atomic mass is 79.9. The van der Waals surface area contributed by atoms with Crippen molar-refractivity contribution in [1.29, 1.82) is 0 Å². The number of nitrogens with zero attached hydrogens (tertiary/aromatic N) is 3. The van der Waals surface area contributed by atoms with Crippen LogP contribution in [-0.4, -0.2) is 17.9 Å². The van der Waals surface area contributed by atoms with E-state index in [0.29, 0.717) is 0 Å². The van der Waals surface area contributed by atoms with E-state index >= 15 is 0 Å². The van der Waals surface area contributed by atoms with Crippen LogP contribution in [0.1, 0.15) is 10.4 Å². The summed E-state index contributed by atoms with van der Waals surface area (Å²) in [6.07, 6.45) is 1.90. The van der Waals surface area contributed by atoms with Gasteiger partial charge in [0, 0.05) is 22.5 Å². The lowest BCUT2D eigenvalue weighted by atomic mass is 10.2. The quantitative estimate of drug-likeness (QED) is 0.576. The molecule has 0 spiro atoms. The first-order chi connectivity index (χ1) is 10.7. The Balaban J connectivity index is 2.11. The summed E-state index contributed by atoms with van der Waals surface area (Å²) in [4.78, 5) is 6.36. The maximum absolute atomic E-state index is 4.66. The summed E-state index contributed by atoms with van der Waals surface area (Å²) in [6, 6.07) is 10.2. The molecular formula is C16H14BrN3S2. The summed E-state index contributed by atoms with van der Waals surface area (Å²) in [5.41, 5.74) is 3.37. The van der Waals surface area contributed by atoms with Crippen LogP contribution in [0.3, 0.4) is 0 Å². The molecule has 112 valence electrons. The Morgan fingerprint density at radius 1 is 1.18 bits per heavy atom. The molecular weight excluding hydrogens is 378 g/mol. The molecule has 0 aliphatic rings. The second-order valence-corrected chi connectivity index (χ2v) is 7.27. The van der Waals surface area contributed by atoms with Gasteiger partial charge in [-0.25, -0.2) is 4.68 Å². The predicted octanol–water partition coefficient (Wildman–Crippen LogP) is 4.76. The van der Waals surface area contributed by atoms with E-state index in [9.17, 15) is 0 Å². The number of hydrogen-bond acceptors (Lipinski definition) is 4. The van der Waals surface area contributed by atoms with E-state index in [-0.39, 0.29) is 0 Å². The Bertz CT molecular complexity index is 887. The maximum Gasteiger partial charge on any atom is 0.205 e. The molecule has 0 aliphatic carbocycles. The summed E-state index contributed by atoms with van der Waals surface area (Å²) >= 11 is 6.89. The lowest BCUT2D eigenvalue weighted by molar-refractivity contribution is 0.848. The Labute approximate surface area is 145 Å². The summed E-state index contributed by atoms with van der Waals surface area (Å²) in [7, 11) is 1.79. The summed E-state index contributed by atoms with van der Waals surface area (Å²) < 4.78 is 2.94. The average Bonchev–Trinajstić information content (AvgIpc) is 3.11. The fourth-order valence-corrected chi connectivity index (χ4v) is 4.11. The van der Waals surface area contributed by atoms with Gasteiger partial charge in [0.2, 0.25) is 4.80 Å². The fourth-order valence-electron chi connectivity index (χ4n) is 2.04. The molecule has 0 N–H and O–H groups in total. The van der Waals surface area contributed by atoms with Gasteiger partial charge in [-0.3, -0.25) is 4.99 Å². The number of rotatable bonds is 3. The van der Waals surface area contributed by atoms with Crippen molar-refractivity contribution in [2.75, 3.05) is 7.05 Å². The molecule has 0 bridgehead atoms. The van der Waals surface area contributed by atoms with Gasteiger partial charge in [0.15, 0.2) is 0 Å². The molecule has 3 rings (SSSR count). The first kappa shape index (κ1) is 15.4. The summed E-state index contributed by atoms with van der Waals surface area (Å²) in [5.74, 6) is 0. The van der Waals surface area contributed by atoms with Gasteiger partial charge in [-0.1, -0.05) is 34.1 Å². The van der Waals surface area contributed by atoms with Crippen molar-refractivity contribution in [1.82, 2.24) is 4.68 Å². The molecule has 2 aromatic heterocycles. The van der Waals surface area contributed by atoms with Gasteiger partial charge in [0.25, 0.3) is 0 Å². The van der Waals surface area contributed by atoms with Gasteiger partial charge in [-0.15, -0.1) is 22.7 Å². The lowest BCUT2D eigenvalue weighted by Crippen LogP contribution is -2.11. The van der Waals surface area contributed by atoms with Crippen molar-refractivity contribution in [2.45, 2.75) is 6.92 Å². The number of hydrogen-bond donors (Lipinski definition) is 0. The topological polar surface area (TPSA) is 29.6 Å². The minimum absolute atomic E-state index is 0.871. The zero-order valence-electron chi connectivity index (χ0n) is 12.2. The third kappa shape index (κ3) is 2.99. The number of halogens is 1. The molecule has 2 heterocycles. The molecule has 6 heteroatoms. The third-order valence-electron chi connectivity index (χ3n) is 3.22. The van der Waals surface area contributed by atoms with Crippen molar-refractivity contribution in [2.24, 2.45) is 10.1 Å². The van der Waals surface area contributed by atoms with Gasteiger partial charge < -0.3 is 0 Å². The van der Waals surface area contributed by atoms with Crippen LogP contribution >= 0.6 is 38.6 Å². The number of aryl methyl sites for hydroxylation is 1. The van der Waals surface area contributed by atoms with E-state index in [4.69, 9.17) is 0 Å². The second kappa shape index (κ2) is 6.73. The van der Waals surface area contributed by atoms with E-state index < -0.39 is 0 Å². The number of aromatic nitrogens is 1. The van der Waals surface area contributed by atoms with Gasteiger partial charge in [-0.2, -0.15) is 5.10 Å². The highest BCUT2D eigenvalue weighted by Crippen LogP contribution is 2.28. The molecule has 1 aromatic carbocycles. The molecule has 0 saturated carbocycles. The van der Waals surface area contributed by atoms with Crippen LogP contribution < -0.4 is 4.80 Å². The third-order valence-corrected chi connectivity index (χ3v) is 5.77. The van der Waals surface area contributed by atoms with Crippen LogP contribution in [0.2, 0.25) is 0 Å². The molecule has 0 radical (unpaired) electrons. The number of benzene rings is 1. The Kier molecular flexibility index (Phi) is 4.71. The second-order valence-electron chi connectivity index (χ2n) is 4.63. The largest absolute Gasteiger partial charge is 0.261 e. The van der Waals surface area contributed by atoms with Crippen molar-refractivity contribution >= 4 is 44.8 Å². The van der Waals surface area contributed by atoms with Gasteiger partial charge in [0.05, 0.1) is 16.8 Å². The van der Waals surface area contributed by atoms with E-state index in [1.165, 1.54) is 10.4 Å². The Hall–Kier alpha value is -1.50. The molecule has 0 atom stereocenters. The van der Waals surface area contributed by atoms with Gasteiger partial charge >= 0.3 is 0 Å². The van der Waals surface area contributed by atoms with Gasteiger partial charge in [0.1, 0.15) is 0 Å². The predicted molar refractivity (Wildman–Crippen MR) is 99.0 cm³/mol. The smallest absolute Gasteiger partial charge is 0.205 e. The monoisotopic (exact) mass is 391 g/mol. The molecule has 0 amide bonds. The minimum Gasteiger partial charge on any atom is -0.261 e. The highest BCUT2D eigenvalue weighted by molar-refractivity contribution is 9.10. The van der Waals surface area contributed by atoms with Crippen LogP contribution in [-0.2, 0) is 0 Å². The first-order valence-corrected chi connectivity index (χ1v) is 9.22. The highest BCUT2D eigenvalue weighted by Gasteiger charge is 2.10. The molecule has 3 nitrogen and oxygen atoms in total. The van der Waals surface area contributed by atoms with Crippen molar-refractivity contribution in [3.63, 3.8) is 0 Å². The number of thiazole rings is 1. The van der Waals surface area contributed by atoms with E-state index in [1.807, 2.05) is 29.1 Å². The number of thiophene rings is 1. The molecule has 0 unspecified atom stereocenters. The van der Waals surface area contributed by atoms with Crippen LogP contribution in [0.4, 0.5) is 0 Å². The van der Waals surface area contributed by atoms with Gasteiger partial charge in [-0.05, 0) is 30.0 Å². The maximum atomic E-state index is 4.66. The Morgan fingerprint density at radius 3 is 2.68 bits per heavy atom. The van der Waals surface area contributed by atoms with Crippen LogP contribution in [0.5, 0.6) is 0 Å². The van der Waals surface area contributed by atoms with E-state index in [1.54, 1.807) is 29.7 Å². The first-order valence-electron chi connectivity index (χ1n) is 6.67. The molecule has 3 aromatic rings. The normalized spacial score (nSPS) is 12.4. The summed E-state index contributed by atoms with van der Waals surface area (Å²) in [5, 5.41) is 8.82. The van der Waals surface area contributed by atoms with E-state index in [2.05, 4.69) is 55.8 Å². The standard InChI is InChI=1S/C16H14BrN3S2/c1-11-7-8-21-15(11)9-19-20-14(10-22-16(20)18-2)12-5-3-4-6-13(12)17/h3-10H,1-2H3/b18-16?,19-9-. The average molecular weight is 392 g/mol. The van der Waals surface area contributed by atoms with Crippen LogP contribution in [0.15, 0.2) is 55.7 Å². The van der Waals surface area contributed by atoms with E-state index in [0.717, 1.165) is 20.5 Å². The van der Waals surface area contributed by atoms with Crippen molar-refractivity contribution in [3.05, 3.63) is 60.8 Å². The molecule has 0 aliphatic heterocycles. The van der Waals surface area contributed by atoms with Crippen molar-refractivity contribution < 1.29 is 0 Å². The fraction of sp³-hybridized carbons (Fsp3) is 0.125.